The summed E-state index contributed by atoms with van der Waals surface area (Å²) in [7, 11) is 0. The van der Waals surface area contributed by atoms with Crippen molar-refractivity contribution in [2.24, 2.45) is 5.92 Å². The van der Waals surface area contributed by atoms with Crippen molar-refractivity contribution in [1.82, 2.24) is 10.2 Å². The maximum atomic E-state index is 12.1. The number of likely N-dealkylation sites (tertiary alicyclic amines) is 1. The van der Waals surface area contributed by atoms with Gasteiger partial charge < -0.3 is 15.2 Å². The molecule has 0 saturated carbocycles. The van der Waals surface area contributed by atoms with Crippen LogP contribution in [0.25, 0.3) is 0 Å². The molecule has 1 aromatic carbocycles. The average molecular weight is 320 g/mol. The molecule has 1 aromatic rings. The third-order valence-electron chi connectivity index (χ3n) is 4.17. The number of hydrogen-bond acceptors (Lipinski definition) is 4. The minimum absolute atomic E-state index is 0.108. The lowest BCUT2D eigenvalue weighted by atomic mass is 9.95. The fourth-order valence-corrected chi connectivity index (χ4v) is 2.96. The van der Waals surface area contributed by atoms with Gasteiger partial charge in [0.05, 0.1) is 6.61 Å². The molecule has 2 N–H and O–H groups in total. The number of nitrogens with zero attached hydrogens (tertiary/aromatic N) is 1. The zero-order chi connectivity index (χ0) is 16.8. The highest BCUT2D eigenvalue weighted by Gasteiger charge is 2.25. The molecule has 0 aromatic heterocycles. The van der Waals surface area contributed by atoms with Crippen LogP contribution in [-0.4, -0.2) is 41.7 Å². The fraction of sp³-hybridized carbons (Fsp3) is 0.611. The molecule has 1 aliphatic rings. The van der Waals surface area contributed by atoms with Crippen molar-refractivity contribution in [1.29, 1.82) is 0 Å². The van der Waals surface area contributed by atoms with Gasteiger partial charge in [-0.25, -0.2) is 0 Å². The second-order valence-electron chi connectivity index (χ2n) is 6.41. The zero-order valence-electron chi connectivity index (χ0n) is 14.3. The Morgan fingerprint density at radius 1 is 1.39 bits per heavy atom. The second-order valence-corrected chi connectivity index (χ2v) is 6.41. The molecule has 2 rings (SSSR count). The Hall–Kier alpha value is -1.75. The lowest BCUT2D eigenvalue weighted by Crippen LogP contribution is -2.42. The van der Waals surface area contributed by atoms with Gasteiger partial charge in [-0.2, -0.15) is 0 Å². The molecular formula is C18H28N2O3. The second kappa shape index (κ2) is 8.20. The van der Waals surface area contributed by atoms with Gasteiger partial charge in [-0.15, -0.1) is 0 Å². The number of ether oxygens (including phenoxy) is 1. The molecule has 128 valence electrons. The largest absolute Gasteiger partial charge is 0.504 e. The van der Waals surface area contributed by atoms with E-state index in [-0.39, 0.29) is 23.6 Å². The number of aromatic hydroxyl groups is 1. The normalized spacial score (nSPS) is 16.5. The van der Waals surface area contributed by atoms with E-state index in [9.17, 15) is 9.90 Å². The monoisotopic (exact) mass is 320 g/mol. The van der Waals surface area contributed by atoms with Crippen LogP contribution in [0, 0.1) is 5.92 Å². The predicted molar refractivity (Wildman–Crippen MR) is 90.6 cm³/mol. The maximum Gasteiger partial charge on any atom is 0.223 e. The van der Waals surface area contributed by atoms with E-state index in [4.69, 9.17) is 4.74 Å². The van der Waals surface area contributed by atoms with Crippen LogP contribution in [0.4, 0.5) is 0 Å². The van der Waals surface area contributed by atoms with E-state index in [2.05, 4.69) is 10.2 Å². The third-order valence-corrected chi connectivity index (χ3v) is 4.17. The molecule has 0 atom stereocenters. The van der Waals surface area contributed by atoms with Gasteiger partial charge in [0.1, 0.15) is 0 Å². The Kier molecular flexibility index (Phi) is 6.28. The van der Waals surface area contributed by atoms with E-state index in [1.165, 1.54) is 0 Å². The molecule has 5 nitrogen and oxygen atoms in total. The molecule has 0 aliphatic carbocycles. The van der Waals surface area contributed by atoms with Crippen LogP contribution < -0.4 is 10.1 Å². The highest BCUT2D eigenvalue weighted by atomic mass is 16.5. The van der Waals surface area contributed by atoms with E-state index in [0.29, 0.717) is 18.9 Å². The quantitative estimate of drug-likeness (QED) is 0.845. The standard InChI is InChI=1S/C18H28N2O3/c1-4-23-16-7-5-6-15(17(16)21)12-20-10-8-14(9-11-20)18(22)19-13(2)3/h5-7,13-14,21H,4,8-12H2,1-3H3,(H,19,22). The van der Waals surface area contributed by atoms with Crippen molar-refractivity contribution in [3.8, 4) is 11.5 Å². The Bertz CT molecular complexity index is 523. The van der Waals surface area contributed by atoms with Gasteiger partial charge in [0, 0.05) is 24.1 Å². The first-order valence-corrected chi connectivity index (χ1v) is 8.47. The number of phenols is 1. The third kappa shape index (κ3) is 4.86. The number of amides is 1. The summed E-state index contributed by atoms with van der Waals surface area (Å²) in [5.41, 5.74) is 0.876. The first-order valence-electron chi connectivity index (χ1n) is 8.47. The smallest absolute Gasteiger partial charge is 0.223 e. The molecule has 1 amide bonds. The van der Waals surface area contributed by atoms with Gasteiger partial charge in [0.15, 0.2) is 11.5 Å². The molecule has 1 aliphatic heterocycles. The molecule has 0 unspecified atom stereocenters. The summed E-state index contributed by atoms with van der Waals surface area (Å²) in [5, 5.41) is 13.3. The highest BCUT2D eigenvalue weighted by Crippen LogP contribution is 2.31. The van der Waals surface area contributed by atoms with Gasteiger partial charge in [-0.05, 0) is 52.8 Å². The van der Waals surface area contributed by atoms with Crippen molar-refractivity contribution in [2.45, 2.75) is 46.2 Å². The Morgan fingerprint density at radius 3 is 2.70 bits per heavy atom. The molecule has 1 heterocycles. The molecule has 0 bridgehead atoms. The van der Waals surface area contributed by atoms with Gasteiger partial charge >= 0.3 is 0 Å². The summed E-state index contributed by atoms with van der Waals surface area (Å²) in [6.45, 7) is 8.84. The van der Waals surface area contributed by atoms with Crippen molar-refractivity contribution in [3.63, 3.8) is 0 Å². The summed E-state index contributed by atoms with van der Waals surface area (Å²) in [4.78, 5) is 14.3. The number of rotatable bonds is 6. The number of piperidine rings is 1. The van der Waals surface area contributed by atoms with E-state index in [1.54, 1.807) is 6.07 Å². The number of para-hydroxylation sites is 1. The number of hydrogen-bond donors (Lipinski definition) is 2. The molecule has 5 heteroatoms. The van der Waals surface area contributed by atoms with Crippen LogP contribution >= 0.6 is 0 Å². The summed E-state index contributed by atoms with van der Waals surface area (Å²) >= 11 is 0. The van der Waals surface area contributed by atoms with Crippen LogP contribution in [-0.2, 0) is 11.3 Å². The van der Waals surface area contributed by atoms with Crippen LogP contribution in [0.5, 0.6) is 11.5 Å². The molecule has 0 radical (unpaired) electrons. The lowest BCUT2D eigenvalue weighted by molar-refractivity contribution is -0.127. The SMILES string of the molecule is CCOc1cccc(CN2CCC(C(=O)NC(C)C)CC2)c1O. The van der Waals surface area contributed by atoms with Crippen molar-refractivity contribution >= 4 is 5.91 Å². The first kappa shape index (κ1) is 17.6. The summed E-state index contributed by atoms with van der Waals surface area (Å²) < 4.78 is 5.43. The number of benzene rings is 1. The highest BCUT2D eigenvalue weighted by molar-refractivity contribution is 5.78. The van der Waals surface area contributed by atoms with Gasteiger partial charge in [-0.1, -0.05) is 12.1 Å². The number of phenolic OH excluding ortho intramolecular Hbond substituents is 1. The van der Waals surface area contributed by atoms with E-state index in [0.717, 1.165) is 31.5 Å². The minimum Gasteiger partial charge on any atom is -0.504 e. The lowest BCUT2D eigenvalue weighted by Gasteiger charge is -2.31. The molecular weight excluding hydrogens is 292 g/mol. The van der Waals surface area contributed by atoms with Gasteiger partial charge in [-0.3, -0.25) is 9.69 Å². The molecule has 0 spiro atoms. The van der Waals surface area contributed by atoms with Crippen molar-refractivity contribution < 1.29 is 14.6 Å². The molecule has 1 fully saturated rings. The zero-order valence-corrected chi connectivity index (χ0v) is 14.3. The Morgan fingerprint density at radius 2 is 2.09 bits per heavy atom. The summed E-state index contributed by atoms with van der Waals surface area (Å²) in [6, 6.07) is 5.81. The van der Waals surface area contributed by atoms with Crippen LogP contribution in [0.15, 0.2) is 18.2 Å². The first-order chi connectivity index (χ1) is 11.0. The van der Waals surface area contributed by atoms with Crippen LogP contribution in [0.2, 0.25) is 0 Å². The Labute approximate surface area is 138 Å². The van der Waals surface area contributed by atoms with Crippen molar-refractivity contribution in [2.75, 3.05) is 19.7 Å². The topological polar surface area (TPSA) is 61.8 Å². The predicted octanol–water partition coefficient (Wildman–Crippen LogP) is 2.53. The average Bonchev–Trinajstić information content (AvgIpc) is 2.51. The summed E-state index contributed by atoms with van der Waals surface area (Å²) in [6.07, 6.45) is 1.73. The molecule has 23 heavy (non-hydrogen) atoms. The van der Waals surface area contributed by atoms with Crippen LogP contribution in [0.1, 0.15) is 39.2 Å². The van der Waals surface area contributed by atoms with E-state index >= 15 is 0 Å². The summed E-state index contributed by atoms with van der Waals surface area (Å²) in [5.74, 6) is 1.04. The van der Waals surface area contributed by atoms with Gasteiger partial charge in [0.2, 0.25) is 5.91 Å². The minimum atomic E-state index is 0.108. The molecule has 1 saturated heterocycles. The van der Waals surface area contributed by atoms with E-state index < -0.39 is 0 Å². The fourth-order valence-electron chi connectivity index (χ4n) is 2.96. The van der Waals surface area contributed by atoms with Crippen molar-refractivity contribution in [3.05, 3.63) is 23.8 Å². The maximum absolute atomic E-state index is 12.1. The number of carbonyl (C=O) groups excluding carboxylic acids is 1. The van der Waals surface area contributed by atoms with E-state index in [1.807, 2.05) is 32.9 Å². The van der Waals surface area contributed by atoms with Crippen LogP contribution in [0.3, 0.4) is 0 Å². The van der Waals surface area contributed by atoms with Gasteiger partial charge in [0.25, 0.3) is 0 Å². The Balaban J connectivity index is 1.89. The number of carbonyl (C=O) groups is 1. The number of nitrogens with one attached hydrogen (secondary N) is 1.